The Bertz CT molecular complexity index is 452. The number of hydrogen-bond acceptors (Lipinski definition) is 5. The molecule has 106 valence electrons. The van der Waals surface area contributed by atoms with Gasteiger partial charge in [-0.05, 0) is 43.6 Å². The van der Waals surface area contributed by atoms with E-state index in [1.165, 1.54) is 0 Å². The molecule has 1 atom stereocenters. The van der Waals surface area contributed by atoms with Gasteiger partial charge in [0.2, 0.25) is 5.95 Å². The Morgan fingerprint density at radius 1 is 1.58 bits per heavy atom. The topological polar surface area (TPSA) is 50.3 Å². The molecule has 19 heavy (non-hydrogen) atoms. The van der Waals surface area contributed by atoms with E-state index in [2.05, 4.69) is 56.9 Å². The van der Waals surface area contributed by atoms with Crippen molar-refractivity contribution in [1.29, 1.82) is 0 Å². The molecule has 1 N–H and O–H groups in total. The lowest BCUT2D eigenvalue weighted by Gasteiger charge is -2.42. The number of morpholine rings is 1. The van der Waals surface area contributed by atoms with Crippen molar-refractivity contribution in [2.24, 2.45) is 0 Å². The molecule has 0 aliphatic carbocycles. The maximum Gasteiger partial charge on any atom is 0.224 e. The van der Waals surface area contributed by atoms with Crippen LogP contribution in [0.1, 0.15) is 27.7 Å². The minimum atomic E-state index is -0.166. The minimum absolute atomic E-state index is 0.166. The molecule has 1 saturated heterocycles. The zero-order chi connectivity index (χ0) is 14.0. The largest absolute Gasteiger partial charge is 0.369 e. The molecule has 5 nitrogen and oxygen atoms in total. The lowest BCUT2D eigenvalue weighted by atomic mass is 10.1. The summed E-state index contributed by atoms with van der Waals surface area (Å²) < 4.78 is 6.84. The molecule has 2 heterocycles. The highest BCUT2D eigenvalue weighted by molar-refractivity contribution is 9.10. The molecule has 1 aromatic rings. The van der Waals surface area contributed by atoms with E-state index >= 15 is 0 Å². The summed E-state index contributed by atoms with van der Waals surface area (Å²) in [5, 5.41) is 3.15. The Hall–Kier alpha value is -0.880. The second-order valence-electron chi connectivity index (χ2n) is 5.46. The molecule has 1 fully saturated rings. The van der Waals surface area contributed by atoms with Gasteiger partial charge in [-0.3, -0.25) is 0 Å². The molecule has 1 unspecified atom stereocenters. The fourth-order valence-corrected chi connectivity index (χ4v) is 2.88. The molecule has 2 rings (SSSR count). The molecule has 1 aliphatic heterocycles. The molecular formula is C13H21BrN4O. The third kappa shape index (κ3) is 3.57. The maximum absolute atomic E-state index is 5.93. The second-order valence-corrected chi connectivity index (χ2v) is 6.32. The fraction of sp³-hybridized carbons (Fsp3) is 0.692. The number of rotatable bonds is 3. The van der Waals surface area contributed by atoms with Gasteiger partial charge >= 0.3 is 0 Å². The number of halogens is 1. The first-order valence-corrected chi connectivity index (χ1v) is 7.40. The van der Waals surface area contributed by atoms with E-state index in [9.17, 15) is 0 Å². The van der Waals surface area contributed by atoms with Crippen molar-refractivity contribution >= 4 is 27.7 Å². The van der Waals surface area contributed by atoms with E-state index in [0.717, 1.165) is 29.9 Å². The summed E-state index contributed by atoms with van der Waals surface area (Å²) in [5.41, 5.74) is -0.166. The van der Waals surface area contributed by atoms with E-state index < -0.39 is 0 Å². The molecule has 0 saturated carbocycles. The number of anilines is 2. The van der Waals surface area contributed by atoms with Gasteiger partial charge in [-0.25, -0.2) is 4.98 Å². The van der Waals surface area contributed by atoms with Crippen LogP contribution in [0.15, 0.2) is 10.7 Å². The van der Waals surface area contributed by atoms with E-state index in [-0.39, 0.29) is 11.7 Å². The van der Waals surface area contributed by atoms with Gasteiger partial charge in [0, 0.05) is 25.8 Å². The number of hydrogen-bond donors (Lipinski definition) is 1. The van der Waals surface area contributed by atoms with Gasteiger partial charge in [0.1, 0.15) is 5.82 Å². The van der Waals surface area contributed by atoms with Crippen LogP contribution in [-0.4, -0.2) is 41.3 Å². The Kier molecular flexibility index (Phi) is 4.30. The lowest BCUT2D eigenvalue weighted by molar-refractivity contribution is -0.0752. The van der Waals surface area contributed by atoms with Crippen molar-refractivity contribution in [3.05, 3.63) is 10.7 Å². The van der Waals surface area contributed by atoms with Gasteiger partial charge in [-0.1, -0.05) is 0 Å². The Labute approximate surface area is 122 Å². The van der Waals surface area contributed by atoms with Crippen molar-refractivity contribution < 1.29 is 4.74 Å². The van der Waals surface area contributed by atoms with Crippen molar-refractivity contribution in [3.63, 3.8) is 0 Å². The standard InChI is InChI=1S/C13H21BrN4O/c1-5-15-12-16-6-10(14)11(17-12)18-7-9(2)19-13(3,4)8-18/h6,9H,5,7-8H2,1-4H3,(H,15,16,17). The van der Waals surface area contributed by atoms with Gasteiger partial charge < -0.3 is 15.0 Å². The van der Waals surface area contributed by atoms with Crippen LogP contribution in [0.2, 0.25) is 0 Å². The normalized spacial score (nSPS) is 22.4. The average Bonchev–Trinajstić information content (AvgIpc) is 2.29. The van der Waals surface area contributed by atoms with Crippen LogP contribution in [0.4, 0.5) is 11.8 Å². The van der Waals surface area contributed by atoms with Crippen molar-refractivity contribution in [3.8, 4) is 0 Å². The van der Waals surface area contributed by atoms with E-state index in [1.54, 1.807) is 6.20 Å². The Morgan fingerprint density at radius 2 is 2.32 bits per heavy atom. The van der Waals surface area contributed by atoms with Gasteiger partial charge in [0.05, 0.1) is 16.2 Å². The SMILES string of the molecule is CCNc1ncc(Br)c(N2CC(C)OC(C)(C)C2)n1. The Balaban J connectivity index is 2.27. The third-order valence-corrected chi connectivity index (χ3v) is 3.49. The van der Waals surface area contributed by atoms with Crippen LogP contribution in [0.3, 0.4) is 0 Å². The van der Waals surface area contributed by atoms with Crippen LogP contribution < -0.4 is 10.2 Å². The highest BCUT2D eigenvalue weighted by Gasteiger charge is 2.32. The summed E-state index contributed by atoms with van der Waals surface area (Å²) in [5.74, 6) is 1.59. The van der Waals surface area contributed by atoms with Crippen molar-refractivity contribution in [2.75, 3.05) is 29.9 Å². The molecule has 6 heteroatoms. The summed E-state index contributed by atoms with van der Waals surface area (Å²) in [6, 6.07) is 0. The zero-order valence-corrected chi connectivity index (χ0v) is 13.5. The number of aromatic nitrogens is 2. The molecule has 0 amide bonds. The predicted molar refractivity (Wildman–Crippen MR) is 80.7 cm³/mol. The van der Waals surface area contributed by atoms with Gasteiger partial charge in [0.25, 0.3) is 0 Å². The number of nitrogens with zero attached hydrogens (tertiary/aromatic N) is 3. The molecule has 0 bridgehead atoms. The fourth-order valence-electron chi connectivity index (χ4n) is 2.44. The Morgan fingerprint density at radius 3 is 2.95 bits per heavy atom. The highest BCUT2D eigenvalue weighted by Crippen LogP contribution is 2.30. The van der Waals surface area contributed by atoms with Gasteiger partial charge in [-0.15, -0.1) is 0 Å². The van der Waals surface area contributed by atoms with Crippen LogP contribution in [0.5, 0.6) is 0 Å². The third-order valence-electron chi connectivity index (χ3n) is 2.93. The quantitative estimate of drug-likeness (QED) is 0.924. The molecule has 0 aromatic carbocycles. The smallest absolute Gasteiger partial charge is 0.224 e. The minimum Gasteiger partial charge on any atom is -0.369 e. The van der Waals surface area contributed by atoms with Crippen molar-refractivity contribution in [2.45, 2.75) is 39.4 Å². The lowest BCUT2D eigenvalue weighted by Crippen LogP contribution is -2.52. The first kappa shape index (κ1) is 14.5. The second kappa shape index (κ2) is 5.63. The molecule has 0 radical (unpaired) electrons. The molecule has 1 aromatic heterocycles. The zero-order valence-electron chi connectivity index (χ0n) is 11.9. The molecule has 1 aliphatic rings. The number of ether oxygens (including phenoxy) is 1. The molecular weight excluding hydrogens is 308 g/mol. The summed E-state index contributed by atoms with van der Waals surface area (Å²) in [4.78, 5) is 11.1. The summed E-state index contributed by atoms with van der Waals surface area (Å²) >= 11 is 3.54. The van der Waals surface area contributed by atoms with Gasteiger partial charge in [0.15, 0.2) is 0 Å². The summed E-state index contributed by atoms with van der Waals surface area (Å²) in [7, 11) is 0. The summed E-state index contributed by atoms with van der Waals surface area (Å²) in [6.07, 6.45) is 1.99. The van der Waals surface area contributed by atoms with Crippen LogP contribution in [0.25, 0.3) is 0 Å². The van der Waals surface area contributed by atoms with E-state index in [4.69, 9.17) is 4.74 Å². The predicted octanol–water partition coefficient (Wildman–Crippen LogP) is 2.67. The maximum atomic E-state index is 5.93. The van der Waals surface area contributed by atoms with Crippen molar-refractivity contribution in [1.82, 2.24) is 9.97 Å². The van der Waals surface area contributed by atoms with Crippen LogP contribution in [-0.2, 0) is 4.74 Å². The first-order valence-electron chi connectivity index (χ1n) is 6.60. The van der Waals surface area contributed by atoms with Gasteiger partial charge in [-0.2, -0.15) is 4.98 Å². The highest BCUT2D eigenvalue weighted by atomic mass is 79.9. The molecule has 0 spiro atoms. The number of nitrogens with one attached hydrogen (secondary N) is 1. The summed E-state index contributed by atoms with van der Waals surface area (Å²) in [6.45, 7) is 10.8. The monoisotopic (exact) mass is 328 g/mol. The average molecular weight is 329 g/mol. The van der Waals surface area contributed by atoms with E-state index in [0.29, 0.717) is 5.95 Å². The van der Waals surface area contributed by atoms with E-state index in [1.807, 2.05) is 6.92 Å². The first-order chi connectivity index (χ1) is 8.91. The van der Waals surface area contributed by atoms with Crippen LogP contribution in [0, 0.1) is 0 Å². The van der Waals surface area contributed by atoms with Crippen LogP contribution >= 0.6 is 15.9 Å².